The Balaban J connectivity index is 1.92. The highest BCUT2D eigenvalue weighted by Gasteiger charge is 2.20. The van der Waals surface area contributed by atoms with Gasteiger partial charge in [0.1, 0.15) is 5.82 Å². The van der Waals surface area contributed by atoms with E-state index in [-0.39, 0.29) is 0 Å². The molecule has 1 N–H and O–H groups in total. The standard InChI is InChI=1S/C17H30N4/c1-5-18-12-16-6-7-17(19-14(16)2)21-10-8-15(9-11-21)13-20(3)4/h6-7,15,18H,5,8-13H2,1-4H3. The number of nitrogens with one attached hydrogen (secondary N) is 1. The van der Waals surface area contributed by atoms with Crippen molar-refractivity contribution >= 4 is 5.82 Å². The van der Waals surface area contributed by atoms with E-state index in [1.807, 2.05) is 0 Å². The normalized spacial score (nSPS) is 16.7. The largest absolute Gasteiger partial charge is 0.357 e. The molecule has 1 saturated heterocycles. The molecule has 0 saturated carbocycles. The minimum Gasteiger partial charge on any atom is -0.357 e. The molecule has 0 spiro atoms. The SMILES string of the molecule is CCNCc1ccc(N2CCC(CN(C)C)CC2)nc1C. The quantitative estimate of drug-likeness (QED) is 0.871. The Hall–Kier alpha value is -1.13. The van der Waals surface area contributed by atoms with Crippen molar-refractivity contribution in [1.82, 2.24) is 15.2 Å². The number of hydrogen-bond donors (Lipinski definition) is 1. The lowest BCUT2D eigenvalue weighted by molar-refractivity contribution is 0.284. The van der Waals surface area contributed by atoms with Gasteiger partial charge in [-0.15, -0.1) is 0 Å². The molecule has 0 amide bonds. The van der Waals surface area contributed by atoms with Gasteiger partial charge in [-0.2, -0.15) is 0 Å². The highest BCUT2D eigenvalue weighted by Crippen LogP contribution is 2.23. The van der Waals surface area contributed by atoms with Crippen molar-refractivity contribution in [3.8, 4) is 0 Å². The van der Waals surface area contributed by atoms with E-state index >= 15 is 0 Å². The van der Waals surface area contributed by atoms with Crippen LogP contribution in [0.2, 0.25) is 0 Å². The molecule has 1 aromatic heterocycles. The first-order chi connectivity index (χ1) is 10.1. The van der Waals surface area contributed by atoms with Crippen LogP contribution < -0.4 is 10.2 Å². The van der Waals surface area contributed by atoms with Crippen LogP contribution in [0.25, 0.3) is 0 Å². The first-order valence-electron chi connectivity index (χ1n) is 8.17. The van der Waals surface area contributed by atoms with Gasteiger partial charge in [-0.3, -0.25) is 0 Å². The molecule has 2 rings (SSSR count). The molecular formula is C17H30N4. The van der Waals surface area contributed by atoms with Gasteiger partial charge >= 0.3 is 0 Å². The second-order valence-electron chi connectivity index (χ2n) is 6.39. The average Bonchev–Trinajstić information content (AvgIpc) is 2.46. The maximum absolute atomic E-state index is 4.81. The van der Waals surface area contributed by atoms with Gasteiger partial charge in [0.25, 0.3) is 0 Å². The van der Waals surface area contributed by atoms with Crippen molar-refractivity contribution in [3.05, 3.63) is 23.4 Å². The van der Waals surface area contributed by atoms with E-state index in [0.29, 0.717) is 0 Å². The molecule has 0 atom stereocenters. The predicted octanol–water partition coefficient (Wildman–Crippen LogP) is 2.28. The number of rotatable bonds is 6. The monoisotopic (exact) mass is 290 g/mol. The fourth-order valence-electron chi connectivity index (χ4n) is 3.06. The number of pyridine rings is 1. The van der Waals surface area contributed by atoms with Crippen molar-refractivity contribution in [2.45, 2.75) is 33.2 Å². The molecule has 0 aliphatic carbocycles. The van der Waals surface area contributed by atoms with Crippen molar-refractivity contribution in [1.29, 1.82) is 0 Å². The Morgan fingerprint density at radius 3 is 2.57 bits per heavy atom. The molecule has 1 fully saturated rings. The summed E-state index contributed by atoms with van der Waals surface area (Å²) in [5.74, 6) is 1.99. The van der Waals surface area contributed by atoms with E-state index in [2.05, 4.69) is 55.2 Å². The third-order valence-electron chi connectivity index (χ3n) is 4.31. The molecule has 1 aliphatic heterocycles. The van der Waals surface area contributed by atoms with E-state index in [0.717, 1.165) is 43.6 Å². The van der Waals surface area contributed by atoms with Gasteiger partial charge in [-0.25, -0.2) is 4.98 Å². The molecule has 4 heteroatoms. The minimum atomic E-state index is 0.838. The third-order valence-corrected chi connectivity index (χ3v) is 4.31. The first kappa shape index (κ1) is 16.2. The summed E-state index contributed by atoms with van der Waals surface area (Å²) in [5, 5.41) is 3.37. The van der Waals surface area contributed by atoms with Gasteiger partial charge in [0.2, 0.25) is 0 Å². The van der Waals surface area contributed by atoms with Gasteiger partial charge < -0.3 is 15.1 Å². The van der Waals surface area contributed by atoms with Crippen molar-refractivity contribution in [2.75, 3.05) is 45.2 Å². The number of nitrogens with zero attached hydrogens (tertiary/aromatic N) is 3. The van der Waals surface area contributed by atoms with Crippen molar-refractivity contribution in [3.63, 3.8) is 0 Å². The smallest absolute Gasteiger partial charge is 0.128 e. The number of aryl methyl sites for hydroxylation is 1. The molecule has 2 heterocycles. The second kappa shape index (κ2) is 7.76. The topological polar surface area (TPSA) is 31.4 Å². The van der Waals surface area contributed by atoms with E-state index in [9.17, 15) is 0 Å². The fraction of sp³-hybridized carbons (Fsp3) is 0.706. The highest BCUT2D eigenvalue weighted by molar-refractivity contribution is 5.42. The lowest BCUT2D eigenvalue weighted by Gasteiger charge is -2.34. The number of hydrogen-bond acceptors (Lipinski definition) is 4. The van der Waals surface area contributed by atoms with E-state index in [1.54, 1.807) is 0 Å². The van der Waals surface area contributed by atoms with Crippen molar-refractivity contribution < 1.29 is 0 Å². The Morgan fingerprint density at radius 2 is 2.00 bits per heavy atom. The molecule has 118 valence electrons. The zero-order chi connectivity index (χ0) is 15.2. The zero-order valence-corrected chi connectivity index (χ0v) is 14.0. The van der Waals surface area contributed by atoms with Crippen molar-refractivity contribution in [2.24, 2.45) is 5.92 Å². The Bertz CT molecular complexity index is 436. The van der Waals surface area contributed by atoms with Crippen LogP contribution in [0.15, 0.2) is 12.1 Å². The van der Waals surface area contributed by atoms with Crippen LogP contribution in [-0.2, 0) is 6.54 Å². The second-order valence-corrected chi connectivity index (χ2v) is 6.39. The predicted molar refractivity (Wildman–Crippen MR) is 89.8 cm³/mol. The van der Waals surface area contributed by atoms with Crippen LogP contribution in [0, 0.1) is 12.8 Å². The average molecular weight is 290 g/mol. The maximum atomic E-state index is 4.81. The molecule has 1 aromatic rings. The van der Waals surface area contributed by atoms with Crippen LogP contribution >= 0.6 is 0 Å². The van der Waals surface area contributed by atoms with E-state index in [1.165, 1.54) is 24.9 Å². The van der Waals surface area contributed by atoms with Crippen LogP contribution in [0.5, 0.6) is 0 Å². The van der Waals surface area contributed by atoms with E-state index < -0.39 is 0 Å². The van der Waals surface area contributed by atoms with Crippen LogP contribution in [0.1, 0.15) is 31.0 Å². The van der Waals surface area contributed by atoms with Gasteiger partial charge in [0.05, 0.1) is 0 Å². The highest BCUT2D eigenvalue weighted by atomic mass is 15.2. The number of aromatic nitrogens is 1. The lowest BCUT2D eigenvalue weighted by Crippen LogP contribution is -2.37. The number of anilines is 1. The molecule has 0 radical (unpaired) electrons. The summed E-state index contributed by atoms with van der Waals surface area (Å²) in [6.45, 7) is 9.65. The van der Waals surface area contributed by atoms with Gasteiger partial charge in [0.15, 0.2) is 0 Å². The fourth-order valence-corrected chi connectivity index (χ4v) is 3.06. The molecule has 1 aliphatic rings. The summed E-state index contributed by atoms with van der Waals surface area (Å²) in [7, 11) is 4.33. The first-order valence-corrected chi connectivity index (χ1v) is 8.17. The zero-order valence-electron chi connectivity index (χ0n) is 14.0. The minimum absolute atomic E-state index is 0.838. The molecule has 21 heavy (non-hydrogen) atoms. The van der Waals surface area contributed by atoms with Crippen LogP contribution in [-0.4, -0.2) is 50.2 Å². The summed E-state index contributed by atoms with van der Waals surface area (Å²) in [4.78, 5) is 9.56. The molecule has 4 nitrogen and oxygen atoms in total. The summed E-state index contributed by atoms with van der Waals surface area (Å²) in [6.07, 6.45) is 2.55. The molecule has 0 unspecified atom stereocenters. The Labute approximate surface area is 129 Å². The molecular weight excluding hydrogens is 260 g/mol. The lowest BCUT2D eigenvalue weighted by atomic mass is 9.96. The third kappa shape index (κ3) is 4.68. The van der Waals surface area contributed by atoms with Gasteiger partial charge in [0, 0.05) is 31.9 Å². The number of piperidine rings is 1. The Kier molecular flexibility index (Phi) is 6.00. The van der Waals surface area contributed by atoms with Gasteiger partial charge in [-0.1, -0.05) is 13.0 Å². The summed E-state index contributed by atoms with van der Waals surface area (Å²) >= 11 is 0. The molecule has 0 aromatic carbocycles. The summed E-state index contributed by atoms with van der Waals surface area (Å²) < 4.78 is 0. The van der Waals surface area contributed by atoms with Crippen LogP contribution in [0.3, 0.4) is 0 Å². The maximum Gasteiger partial charge on any atom is 0.128 e. The van der Waals surface area contributed by atoms with E-state index in [4.69, 9.17) is 4.98 Å². The summed E-state index contributed by atoms with van der Waals surface area (Å²) in [5.41, 5.74) is 2.46. The summed E-state index contributed by atoms with van der Waals surface area (Å²) in [6, 6.07) is 4.41. The molecule has 0 bridgehead atoms. The Morgan fingerprint density at radius 1 is 1.29 bits per heavy atom. The van der Waals surface area contributed by atoms with Crippen LogP contribution in [0.4, 0.5) is 5.82 Å². The van der Waals surface area contributed by atoms with Gasteiger partial charge in [-0.05, 0) is 58.0 Å².